The van der Waals surface area contributed by atoms with Crippen molar-refractivity contribution in [2.75, 3.05) is 39.3 Å². The number of rotatable bonds is 17. The Hall–Kier alpha value is -7.61. The zero-order valence-electron chi connectivity index (χ0n) is 44.3. The fraction of sp³-hybridized carbons (Fsp3) is 0.365. The average molecular weight is 1110 g/mol. The number of hydrogen-bond acceptors (Lipinski definition) is 13. The second-order valence-corrected chi connectivity index (χ2v) is 20.9. The fourth-order valence-corrected chi connectivity index (χ4v) is 10.1. The molecular formula is C63H71F3N6O9. The van der Waals surface area contributed by atoms with E-state index in [1.165, 1.54) is 37.1 Å². The Morgan fingerprint density at radius 1 is 0.593 bits per heavy atom. The van der Waals surface area contributed by atoms with E-state index in [0.717, 1.165) is 122 Å². The first-order chi connectivity index (χ1) is 38.4. The maximum atomic E-state index is 13.5. The molecule has 6 aromatic carbocycles. The summed E-state index contributed by atoms with van der Waals surface area (Å²) in [6.07, 6.45) is 8.38. The van der Waals surface area contributed by atoms with Gasteiger partial charge in [0, 0.05) is 41.4 Å². The Bertz CT molecular complexity index is 3110. The lowest BCUT2D eigenvalue weighted by atomic mass is 9.95. The molecular weight excluding hydrogens is 1040 g/mol. The van der Waals surface area contributed by atoms with Gasteiger partial charge in [0.05, 0.1) is 24.4 Å². The third-order valence-corrected chi connectivity index (χ3v) is 14.8. The third-order valence-electron chi connectivity index (χ3n) is 14.8. The number of fused-ring (bicyclic) bond motifs is 2. The van der Waals surface area contributed by atoms with E-state index in [-0.39, 0.29) is 54.4 Å². The Morgan fingerprint density at radius 2 is 1.00 bits per heavy atom. The van der Waals surface area contributed by atoms with Crippen molar-refractivity contribution in [3.8, 4) is 33.8 Å². The van der Waals surface area contributed by atoms with Gasteiger partial charge < -0.3 is 55.3 Å². The van der Waals surface area contributed by atoms with Gasteiger partial charge >= 0.3 is 5.97 Å². The van der Waals surface area contributed by atoms with Crippen LogP contribution in [-0.4, -0.2) is 112 Å². The maximum absolute atomic E-state index is 13.5. The van der Waals surface area contributed by atoms with Crippen LogP contribution in [0.1, 0.15) is 104 Å². The molecule has 4 heterocycles. The van der Waals surface area contributed by atoms with Gasteiger partial charge in [-0.25, -0.2) is 13.6 Å². The number of aliphatic hydroxyl groups excluding tert-OH is 2. The molecule has 6 aliphatic rings. The minimum Gasteiger partial charge on any atom is -0.490 e. The van der Waals surface area contributed by atoms with E-state index in [1.54, 1.807) is 36.4 Å². The first kappa shape index (κ1) is 59.5. The van der Waals surface area contributed by atoms with Gasteiger partial charge in [-0.1, -0.05) is 90.5 Å². The number of hydrogen-bond donors (Lipinski definition) is 5. The average Bonchev–Trinajstić information content (AvgIpc) is 4.36. The van der Waals surface area contributed by atoms with Crippen LogP contribution in [0.5, 0.6) is 11.5 Å². The van der Waals surface area contributed by atoms with Crippen molar-refractivity contribution in [3.63, 3.8) is 0 Å². The zero-order chi connectivity index (χ0) is 54.8. The van der Waals surface area contributed by atoms with E-state index in [0.29, 0.717) is 35.4 Å². The Balaban J connectivity index is 0.000000173. The fourth-order valence-electron chi connectivity index (χ4n) is 10.1. The predicted octanol–water partition coefficient (Wildman–Crippen LogP) is 9.87. The number of carbonyl (C=O) groups is 2. The number of benzene rings is 6. The predicted molar refractivity (Wildman–Crippen MR) is 305 cm³/mol. The Kier molecular flexibility index (Phi) is 20.4. The molecule has 4 fully saturated rings. The van der Waals surface area contributed by atoms with E-state index in [1.807, 2.05) is 72.8 Å². The Labute approximate surface area is 470 Å². The van der Waals surface area contributed by atoms with Crippen LogP contribution in [0, 0.1) is 11.6 Å². The lowest BCUT2D eigenvalue weighted by Crippen LogP contribution is -2.49. The van der Waals surface area contributed by atoms with E-state index in [9.17, 15) is 28.6 Å². The number of likely N-dealkylation sites (tertiary alicyclic amines) is 2. The molecule has 428 valence electrons. The number of carbonyl (C=O) groups excluding carboxylic acids is 1. The number of aliphatic hydroxyl groups is 2. The maximum Gasteiger partial charge on any atom is 0.358 e. The number of nitrogens with one attached hydrogen (secondary N) is 1. The van der Waals surface area contributed by atoms with Crippen molar-refractivity contribution < 1.29 is 57.5 Å². The van der Waals surface area contributed by atoms with Gasteiger partial charge in [0.25, 0.3) is 5.91 Å². The van der Waals surface area contributed by atoms with E-state index < -0.39 is 30.1 Å². The number of carboxylic acid groups (broad SMARTS) is 1. The molecule has 4 atom stereocenters. The summed E-state index contributed by atoms with van der Waals surface area (Å²) in [5.41, 5.74) is 14.1. The molecule has 0 radical (unpaired) electrons. The van der Waals surface area contributed by atoms with Crippen LogP contribution in [0.2, 0.25) is 0 Å². The number of oxime groups is 2. The second-order valence-electron chi connectivity index (χ2n) is 20.9. The molecule has 2 saturated carbocycles. The topological polar surface area (TPSA) is 201 Å². The van der Waals surface area contributed by atoms with Gasteiger partial charge in [0.1, 0.15) is 42.5 Å². The molecule has 6 N–H and O–H groups in total. The minimum absolute atomic E-state index is 0. The van der Waals surface area contributed by atoms with Crippen molar-refractivity contribution in [3.05, 3.63) is 178 Å². The van der Waals surface area contributed by atoms with E-state index in [2.05, 4.69) is 25.4 Å². The summed E-state index contributed by atoms with van der Waals surface area (Å²) in [5, 5.41) is 41.5. The number of amides is 1. The van der Waals surface area contributed by atoms with Crippen molar-refractivity contribution in [2.24, 2.45) is 16.0 Å². The molecule has 15 nitrogen and oxygen atoms in total. The van der Waals surface area contributed by atoms with Crippen molar-refractivity contribution in [1.82, 2.24) is 15.1 Å². The molecule has 81 heavy (non-hydrogen) atoms. The lowest BCUT2D eigenvalue weighted by Gasteiger charge is -2.29. The smallest absolute Gasteiger partial charge is 0.358 e. The molecule has 12 rings (SSSR count). The molecule has 0 unspecified atom stereocenters. The van der Waals surface area contributed by atoms with Gasteiger partial charge in [-0.15, -0.1) is 0 Å². The summed E-state index contributed by atoms with van der Waals surface area (Å²) in [5.74, 6) is -0.437. The number of carboxylic acids is 1. The lowest BCUT2D eigenvalue weighted by molar-refractivity contribution is -0.129. The normalized spacial score (nSPS) is 17.7. The molecule has 0 aromatic heterocycles. The summed E-state index contributed by atoms with van der Waals surface area (Å²) in [6, 6.07) is 37.8. The summed E-state index contributed by atoms with van der Waals surface area (Å²) < 4.78 is 37.8. The van der Waals surface area contributed by atoms with Crippen molar-refractivity contribution in [1.29, 1.82) is 0 Å². The SMILES string of the molecule is C.F.N[C@H](CN1CCCC1)[C@H](O)c1ccc(OC2CC2)cc1.O=C(N[C@H](CN1CCCC1)[C@H](O)c1ccc(OC2CC2)cc1)C1=NOCc2cc(-c3ccc(F)cc3)ccc21.O=C(O)C1=NOCc2cc(-c3ccc(F)cc3)ccc21. The minimum atomic E-state index is -1.12. The molecule has 2 aliphatic carbocycles. The van der Waals surface area contributed by atoms with Gasteiger partial charge in [-0.3, -0.25) is 9.50 Å². The van der Waals surface area contributed by atoms with Gasteiger partial charge in [-0.05, 0) is 172 Å². The van der Waals surface area contributed by atoms with E-state index in [4.69, 9.17) is 30.0 Å². The summed E-state index contributed by atoms with van der Waals surface area (Å²) in [4.78, 5) is 39.6. The van der Waals surface area contributed by atoms with Crippen molar-refractivity contribution >= 4 is 23.3 Å². The largest absolute Gasteiger partial charge is 0.490 e. The molecule has 1 amide bonds. The Morgan fingerprint density at radius 3 is 1.44 bits per heavy atom. The van der Waals surface area contributed by atoms with Crippen LogP contribution in [0.25, 0.3) is 22.3 Å². The van der Waals surface area contributed by atoms with Gasteiger partial charge in [0.15, 0.2) is 11.4 Å². The van der Waals surface area contributed by atoms with Crippen LogP contribution < -0.4 is 20.5 Å². The van der Waals surface area contributed by atoms with Crippen molar-refractivity contribution in [2.45, 2.75) is 109 Å². The first-order valence-corrected chi connectivity index (χ1v) is 27.2. The molecule has 2 saturated heterocycles. The van der Waals surface area contributed by atoms with E-state index >= 15 is 0 Å². The summed E-state index contributed by atoms with van der Waals surface area (Å²) in [6.45, 7) is 5.83. The highest BCUT2D eigenvalue weighted by atomic mass is 19.1. The van der Waals surface area contributed by atoms with Crippen LogP contribution in [-0.2, 0) is 32.5 Å². The molecule has 6 aromatic rings. The quantitative estimate of drug-likeness (QED) is 0.0580. The van der Waals surface area contributed by atoms with Crippen LogP contribution in [0.15, 0.2) is 144 Å². The molecule has 0 spiro atoms. The highest BCUT2D eigenvalue weighted by Crippen LogP contribution is 2.32. The molecule has 0 bridgehead atoms. The number of halogens is 3. The summed E-state index contributed by atoms with van der Waals surface area (Å²) >= 11 is 0. The molecule has 4 aliphatic heterocycles. The molecule has 18 heteroatoms. The number of aliphatic carboxylic acids is 1. The number of ether oxygens (including phenoxy) is 2. The number of nitrogens with two attached hydrogens (primary N) is 1. The second kappa shape index (κ2) is 27.7. The highest BCUT2D eigenvalue weighted by molar-refractivity contribution is 6.45. The third kappa shape index (κ3) is 15.9. The highest BCUT2D eigenvalue weighted by Gasteiger charge is 2.32. The monoisotopic (exact) mass is 1110 g/mol. The number of nitrogens with zero attached hydrogens (tertiary/aromatic N) is 4. The van der Waals surface area contributed by atoms with Gasteiger partial charge in [0.2, 0.25) is 0 Å². The van der Waals surface area contributed by atoms with Crippen LogP contribution in [0.4, 0.5) is 13.5 Å². The first-order valence-electron chi connectivity index (χ1n) is 27.2. The summed E-state index contributed by atoms with van der Waals surface area (Å²) in [7, 11) is 0. The van der Waals surface area contributed by atoms with Crippen LogP contribution in [0.3, 0.4) is 0 Å². The standard InChI is InChI=1S/C31H32FN3O4.C16H24N2O2.C15H10FNO3.CH4.FH/c32-24-8-3-20(4-9-24)22-7-14-27-23(17-22)19-38-34-29(27)31(37)33-28(18-35-15-1-2-16-35)30(36)21-5-10-25(11-6-21)39-26-12-13-26;17-15(11-18-9-1-2-10-18)16(19)12-3-5-13(6-4-12)20-14-7-8-14;16-12-4-1-9(2-5-12)10-3-6-13-11(7-10)8-20-17-14(13)15(18)19;;/h3-11,14,17,26,28,30,36H,1-2,12-13,15-16,18-19H2,(H,33,37);3-6,14-16,19H,1-2,7-11,17H2;1-7H,8H2,(H,18,19);1H4;1H/t28-,30-;15-,16-;;;/m11.../s1. The van der Waals surface area contributed by atoms with Gasteiger partial charge in [-0.2, -0.15) is 0 Å². The van der Waals surface area contributed by atoms with Crippen LogP contribution >= 0.6 is 0 Å². The zero-order valence-corrected chi connectivity index (χ0v) is 44.3.